The number of anilines is 1. The average Bonchev–Trinajstić information content (AvgIpc) is 2.65. The largest absolute Gasteiger partial charge is 0.497 e. The van der Waals surface area contributed by atoms with Gasteiger partial charge in [0, 0.05) is 0 Å². The summed E-state index contributed by atoms with van der Waals surface area (Å²) in [6.45, 7) is -0.740. The summed E-state index contributed by atoms with van der Waals surface area (Å²) in [6, 6.07) is 10.5. The number of amides is 1. The van der Waals surface area contributed by atoms with E-state index in [0.29, 0.717) is 21.7 Å². The summed E-state index contributed by atoms with van der Waals surface area (Å²) >= 11 is 0. The Morgan fingerprint density at radius 1 is 1.21 bits per heavy atom. The van der Waals surface area contributed by atoms with Gasteiger partial charge in [-0.2, -0.15) is 18.3 Å². The van der Waals surface area contributed by atoms with Crippen LogP contribution in [0.5, 0.6) is 5.75 Å². The SMILES string of the molecule is COc1cccc(/C=N\NC(=O)CN(c2cccc(C(F)(F)F)c2)S(C)(=O)=O)c1. The number of hydrogen-bond acceptors (Lipinski definition) is 5. The third-order valence-electron chi connectivity index (χ3n) is 3.65. The third-order valence-corrected chi connectivity index (χ3v) is 4.79. The number of hydrazone groups is 1. The zero-order valence-electron chi connectivity index (χ0n) is 15.5. The van der Waals surface area contributed by atoms with E-state index in [4.69, 9.17) is 4.74 Å². The first-order valence-electron chi connectivity index (χ1n) is 8.11. The van der Waals surface area contributed by atoms with Gasteiger partial charge in [0.2, 0.25) is 10.0 Å². The van der Waals surface area contributed by atoms with E-state index >= 15 is 0 Å². The molecule has 2 rings (SSSR count). The van der Waals surface area contributed by atoms with Crippen LogP contribution < -0.4 is 14.5 Å². The van der Waals surface area contributed by atoms with Gasteiger partial charge in [-0.05, 0) is 35.9 Å². The van der Waals surface area contributed by atoms with Crippen LogP contribution in [0.1, 0.15) is 11.1 Å². The normalized spacial score (nSPS) is 12.0. The Bertz CT molecular complexity index is 1010. The van der Waals surface area contributed by atoms with Gasteiger partial charge in [0.15, 0.2) is 0 Å². The summed E-state index contributed by atoms with van der Waals surface area (Å²) < 4.78 is 68.3. The quantitative estimate of drug-likeness (QED) is 0.541. The highest BCUT2D eigenvalue weighted by atomic mass is 32.2. The van der Waals surface area contributed by atoms with Crippen LogP contribution in [0.25, 0.3) is 0 Å². The second kappa shape index (κ2) is 8.95. The molecular formula is C18H18F3N3O4S. The van der Waals surface area contributed by atoms with E-state index in [-0.39, 0.29) is 5.69 Å². The number of benzene rings is 2. The van der Waals surface area contributed by atoms with Gasteiger partial charge in [0.25, 0.3) is 5.91 Å². The number of methoxy groups -OCH3 is 1. The molecule has 0 heterocycles. The van der Waals surface area contributed by atoms with Crippen molar-refractivity contribution in [1.29, 1.82) is 0 Å². The van der Waals surface area contributed by atoms with Gasteiger partial charge >= 0.3 is 6.18 Å². The molecule has 1 amide bonds. The lowest BCUT2D eigenvalue weighted by Crippen LogP contribution is -2.39. The first-order chi connectivity index (χ1) is 13.5. The maximum Gasteiger partial charge on any atom is 0.416 e. The molecular weight excluding hydrogens is 411 g/mol. The molecule has 0 fully saturated rings. The predicted molar refractivity (Wildman–Crippen MR) is 102 cm³/mol. The molecule has 7 nitrogen and oxygen atoms in total. The fourth-order valence-corrected chi connectivity index (χ4v) is 3.15. The smallest absolute Gasteiger partial charge is 0.416 e. The Kier molecular flexibility index (Phi) is 6.85. The predicted octanol–water partition coefficient (Wildman–Crippen LogP) is 2.63. The number of nitrogens with one attached hydrogen (secondary N) is 1. The van der Waals surface area contributed by atoms with Gasteiger partial charge in [-0.25, -0.2) is 13.8 Å². The molecule has 2 aromatic rings. The maximum atomic E-state index is 12.9. The van der Waals surface area contributed by atoms with Gasteiger partial charge < -0.3 is 4.74 Å². The lowest BCUT2D eigenvalue weighted by molar-refractivity contribution is -0.137. The summed E-state index contributed by atoms with van der Waals surface area (Å²) in [5.41, 5.74) is 1.45. The van der Waals surface area contributed by atoms with E-state index in [1.54, 1.807) is 24.3 Å². The van der Waals surface area contributed by atoms with Crippen LogP contribution in [0, 0.1) is 0 Å². The van der Waals surface area contributed by atoms with Gasteiger partial charge in [0.1, 0.15) is 12.3 Å². The standard InChI is InChI=1S/C18H18F3N3O4S/c1-28-16-8-3-5-13(9-16)11-22-23-17(25)12-24(29(2,26)27)15-7-4-6-14(10-15)18(19,20)21/h3-11H,12H2,1-2H3,(H,23,25)/b22-11-. The summed E-state index contributed by atoms with van der Waals surface area (Å²) in [5.74, 6) is -0.250. The Labute approximate surface area is 165 Å². The zero-order chi connectivity index (χ0) is 21.7. The fraction of sp³-hybridized carbons (Fsp3) is 0.222. The maximum absolute atomic E-state index is 12.9. The van der Waals surface area contributed by atoms with Crippen molar-refractivity contribution in [2.24, 2.45) is 5.10 Å². The molecule has 0 atom stereocenters. The van der Waals surface area contributed by atoms with Crippen molar-refractivity contribution in [3.8, 4) is 5.75 Å². The molecule has 0 aliphatic heterocycles. The van der Waals surface area contributed by atoms with Crippen LogP contribution in [-0.4, -0.2) is 40.4 Å². The molecule has 1 N–H and O–H groups in total. The fourth-order valence-electron chi connectivity index (χ4n) is 2.30. The number of carbonyl (C=O) groups excluding carboxylic acids is 1. The van der Waals surface area contributed by atoms with E-state index in [1.165, 1.54) is 19.4 Å². The number of sulfonamides is 1. The van der Waals surface area contributed by atoms with Gasteiger partial charge in [-0.3, -0.25) is 9.10 Å². The van der Waals surface area contributed by atoms with E-state index in [2.05, 4.69) is 10.5 Å². The Balaban J connectivity index is 2.15. The number of carbonyl (C=O) groups is 1. The highest BCUT2D eigenvalue weighted by Gasteiger charge is 2.31. The second-order valence-corrected chi connectivity index (χ2v) is 7.79. The minimum absolute atomic E-state index is 0.283. The Morgan fingerprint density at radius 3 is 2.52 bits per heavy atom. The number of hydrogen-bond donors (Lipinski definition) is 1. The van der Waals surface area contributed by atoms with Crippen molar-refractivity contribution in [1.82, 2.24) is 5.43 Å². The monoisotopic (exact) mass is 429 g/mol. The van der Waals surface area contributed by atoms with E-state index < -0.39 is 34.2 Å². The molecule has 0 aliphatic rings. The molecule has 0 aliphatic carbocycles. The molecule has 0 radical (unpaired) electrons. The molecule has 0 spiro atoms. The molecule has 11 heteroatoms. The molecule has 29 heavy (non-hydrogen) atoms. The second-order valence-electron chi connectivity index (χ2n) is 5.89. The lowest BCUT2D eigenvalue weighted by atomic mass is 10.2. The molecule has 0 unspecified atom stereocenters. The van der Waals surface area contributed by atoms with Crippen molar-refractivity contribution in [3.63, 3.8) is 0 Å². The van der Waals surface area contributed by atoms with Crippen molar-refractivity contribution < 1.29 is 31.1 Å². The number of alkyl halides is 3. The molecule has 0 aromatic heterocycles. The van der Waals surface area contributed by atoms with E-state index in [0.717, 1.165) is 18.4 Å². The number of ether oxygens (including phenoxy) is 1. The molecule has 0 saturated heterocycles. The summed E-state index contributed by atoms with van der Waals surface area (Å²) in [5, 5.41) is 3.72. The number of halogens is 3. The van der Waals surface area contributed by atoms with Crippen molar-refractivity contribution in [2.75, 3.05) is 24.2 Å². The van der Waals surface area contributed by atoms with E-state index in [1.807, 2.05) is 0 Å². The van der Waals surface area contributed by atoms with Crippen LogP contribution >= 0.6 is 0 Å². The molecule has 156 valence electrons. The first-order valence-corrected chi connectivity index (χ1v) is 9.96. The van der Waals surface area contributed by atoms with Crippen molar-refractivity contribution in [2.45, 2.75) is 6.18 Å². The van der Waals surface area contributed by atoms with Crippen LogP contribution in [0.3, 0.4) is 0 Å². The summed E-state index contributed by atoms with van der Waals surface area (Å²) in [7, 11) is -2.53. The van der Waals surface area contributed by atoms with Crippen LogP contribution in [0.15, 0.2) is 53.6 Å². The summed E-state index contributed by atoms with van der Waals surface area (Å²) in [4.78, 5) is 12.1. The minimum Gasteiger partial charge on any atom is -0.497 e. The van der Waals surface area contributed by atoms with Crippen molar-refractivity contribution in [3.05, 3.63) is 59.7 Å². The van der Waals surface area contributed by atoms with Crippen LogP contribution in [-0.2, 0) is 21.0 Å². The topological polar surface area (TPSA) is 88.1 Å². The highest BCUT2D eigenvalue weighted by molar-refractivity contribution is 7.92. The number of rotatable bonds is 7. The minimum atomic E-state index is -4.65. The van der Waals surface area contributed by atoms with Crippen LogP contribution in [0.2, 0.25) is 0 Å². The molecule has 2 aromatic carbocycles. The lowest BCUT2D eigenvalue weighted by Gasteiger charge is -2.22. The van der Waals surface area contributed by atoms with Crippen LogP contribution in [0.4, 0.5) is 18.9 Å². The van der Waals surface area contributed by atoms with Gasteiger partial charge in [0.05, 0.1) is 30.8 Å². The third kappa shape index (κ3) is 6.49. The number of nitrogens with zero attached hydrogens (tertiary/aromatic N) is 2. The van der Waals surface area contributed by atoms with Gasteiger partial charge in [-0.1, -0.05) is 18.2 Å². The Morgan fingerprint density at radius 2 is 1.90 bits per heavy atom. The average molecular weight is 429 g/mol. The summed E-state index contributed by atoms with van der Waals surface area (Å²) in [6.07, 6.45) is -2.54. The molecule has 0 saturated carbocycles. The van der Waals surface area contributed by atoms with E-state index in [9.17, 15) is 26.4 Å². The zero-order valence-corrected chi connectivity index (χ0v) is 16.3. The van der Waals surface area contributed by atoms with Crippen molar-refractivity contribution >= 4 is 27.8 Å². The molecule has 0 bridgehead atoms. The van der Waals surface area contributed by atoms with Gasteiger partial charge in [-0.15, -0.1) is 0 Å². The Hall–Kier alpha value is -3.08. The first kappa shape index (κ1) is 22.2. The highest BCUT2D eigenvalue weighted by Crippen LogP contribution is 2.32.